The van der Waals surface area contributed by atoms with Crippen molar-refractivity contribution in [3.8, 4) is 5.88 Å². The Morgan fingerprint density at radius 2 is 1.84 bits per heavy atom. The molecule has 2 fully saturated rings. The van der Waals surface area contributed by atoms with Crippen molar-refractivity contribution in [2.24, 2.45) is 0 Å². The molecule has 31 heavy (non-hydrogen) atoms. The average Bonchev–Trinajstić information content (AvgIpc) is 2.80. The van der Waals surface area contributed by atoms with Crippen LogP contribution in [0.15, 0.2) is 42.6 Å². The first-order valence-electron chi connectivity index (χ1n) is 10.9. The van der Waals surface area contributed by atoms with E-state index >= 15 is 0 Å². The van der Waals surface area contributed by atoms with Crippen LogP contribution in [0.3, 0.4) is 0 Å². The van der Waals surface area contributed by atoms with Crippen LogP contribution < -0.4 is 4.74 Å². The standard InChI is InChI=1S/C24H30N4O3/c1-18-5-7-19(8-6-18)16-26-12-9-20(10-13-26)28-15-14-27(17-22(28)29)24(30)21-4-3-11-25-23(21)31-2/h3-8,11,20H,9-10,12-17H2,1-2H3. The number of hydrogen-bond donors (Lipinski definition) is 0. The molecule has 4 rings (SSSR count). The van der Waals surface area contributed by atoms with Gasteiger partial charge in [-0.1, -0.05) is 29.8 Å². The third-order valence-corrected chi connectivity index (χ3v) is 6.26. The van der Waals surface area contributed by atoms with Crippen LogP contribution >= 0.6 is 0 Å². The molecule has 0 unspecified atom stereocenters. The third-order valence-electron chi connectivity index (χ3n) is 6.26. The molecular formula is C24H30N4O3. The quantitative estimate of drug-likeness (QED) is 0.740. The van der Waals surface area contributed by atoms with E-state index in [4.69, 9.17) is 4.74 Å². The van der Waals surface area contributed by atoms with Crippen LogP contribution in [0.5, 0.6) is 5.88 Å². The van der Waals surface area contributed by atoms with Crippen molar-refractivity contribution in [3.63, 3.8) is 0 Å². The molecule has 0 radical (unpaired) electrons. The van der Waals surface area contributed by atoms with Gasteiger partial charge in [0, 0.05) is 45.0 Å². The number of aromatic nitrogens is 1. The predicted octanol–water partition coefficient (Wildman–Crippen LogP) is 2.35. The molecule has 7 nitrogen and oxygen atoms in total. The molecular weight excluding hydrogens is 392 g/mol. The monoisotopic (exact) mass is 422 g/mol. The number of carbonyl (C=O) groups excluding carboxylic acids is 2. The van der Waals surface area contributed by atoms with Crippen LogP contribution in [0.1, 0.15) is 34.3 Å². The fourth-order valence-corrected chi connectivity index (χ4v) is 4.47. The number of hydrogen-bond acceptors (Lipinski definition) is 5. The first-order valence-corrected chi connectivity index (χ1v) is 10.9. The highest BCUT2D eigenvalue weighted by Crippen LogP contribution is 2.22. The van der Waals surface area contributed by atoms with E-state index in [-0.39, 0.29) is 24.4 Å². The zero-order valence-electron chi connectivity index (χ0n) is 18.3. The summed E-state index contributed by atoms with van der Waals surface area (Å²) in [5.41, 5.74) is 3.01. The van der Waals surface area contributed by atoms with Crippen molar-refractivity contribution in [1.29, 1.82) is 0 Å². The van der Waals surface area contributed by atoms with E-state index in [0.717, 1.165) is 32.5 Å². The number of methoxy groups -OCH3 is 1. The van der Waals surface area contributed by atoms with Gasteiger partial charge in [-0.3, -0.25) is 14.5 Å². The number of aryl methyl sites for hydroxylation is 1. The Bertz CT molecular complexity index is 923. The number of nitrogens with zero attached hydrogens (tertiary/aromatic N) is 4. The molecule has 0 saturated carbocycles. The summed E-state index contributed by atoms with van der Waals surface area (Å²) in [7, 11) is 1.49. The second-order valence-electron chi connectivity index (χ2n) is 8.37. The van der Waals surface area contributed by atoms with Crippen LogP contribution in [-0.2, 0) is 11.3 Å². The molecule has 2 aliphatic heterocycles. The summed E-state index contributed by atoms with van der Waals surface area (Å²) in [4.78, 5) is 35.9. The molecule has 0 N–H and O–H groups in total. The topological polar surface area (TPSA) is 66.0 Å². The third kappa shape index (κ3) is 4.88. The van der Waals surface area contributed by atoms with E-state index in [0.29, 0.717) is 24.5 Å². The summed E-state index contributed by atoms with van der Waals surface area (Å²) in [5, 5.41) is 0. The molecule has 3 heterocycles. The minimum atomic E-state index is -0.203. The van der Waals surface area contributed by atoms with Crippen LogP contribution in [0.25, 0.3) is 0 Å². The molecule has 2 aliphatic rings. The maximum atomic E-state index is 12.9. The average molecular weight is 423 g/mol. The van der Waals surface area contributed by atoms with Crippen molar-refractivity contribution in [1.82, 2.24) is 19.7 Å². The minimum absolute atomic E-state index is 0.0273. The Kier molecular flexibility index (Phi) is 6.51. The van der Waals surface area contributed by atoms with E-state index in [2.05, 4.69) is 41.1 Å². The fourth-order valence-electron chi connectivity index (χ4n) is 4.47. The number of piperidine rings is 1. The molecule has 1 aromatic heterocycles. The normalized spacial score (nSPS) is 18.3. The molecule has 0 bridgehead atoms. The van der Waals surface area contributed by atoms with Crippen LogP contribution in [-0.4, -0.2) is 77.4 Å². The van der Waals surface area contributed by atoms with E-state index in [1.54, 1.807) is 23.2 Å². The van der Waals surface area contributed by atoms with Gasteiger partial charge in [0.2, 0.25) is 11.8 Å². The SMILES string of the molecule is COc1ncccc1C(=O)N1CCN(C2CCN(Cc3ccc(C)cc3)CC2)C(=O)C1. The van der Waals surface area contributed by atoms with Gasteiger partial charge < -0.3 is 14.5 Å². The number of carbonyl (C=O) groups is 2. The highest BCUT2D eigenvalue weighted by molar-refractivity contribution is 5.98. The number of likely N-dealkylation sites (tertiary alicyclic amines) is 1. The number of ether oxygens (including phenoxy) is 1. The van der Waals surface area contributed by atoms with Gasteiger partial charge in [-0.15, -0.1) is 0 Å². The number of rotatable bonds is 5. The molecule has 1 aromatic carbocycles. The molecule has 2 saturated heterocycles. The Morgan fingerprint density at radius 1 is 1.10 bits per heavy atom. The highest BCUT2D eigenvalue weighted by Gasteiger charge is 2.34. The Morgan fingerprint density at radius 3 is 2.52 bits per heavy atom. The predicted molar refractivity (Wildman–Crippen MR) is 118 cm³/mol. The molecule has 7 heteroatoms. The zero-order chi connectivity index (χ0) is 21.8. The molecule has 164 valence electrons. The van der Waals surface area contributed by atoms with E-state index < -0.39 is 0 Å². The summed E-state index contributed by atoms with van der Waals surface area (Å²) >= 11 is 0. The lowest BCUT2D eigenvalue weighted by Gasteiger charge is -2.42. The van der Waals surface area contributed by atoms with Gasteiger partial charge in [0.05, 0.1) is 7.11 Å². The second-order valence-corrected chi connectivity index (χ2v) is 8.37. The van der Waals surface area contributed by atoms with Crippen molar-refractivity contribution in [2.45, 2.75) is 32.4 Å². The van der Waals surface area contributed by atoms with Crippen LogP contribution in [0, 0.1) is 6.92 Å². The summed E-state index contributed by atoms with van der Waals surface area (Å²) < 4.78 is 5.20. The number of piperazine rings is 1. The lowest BCUT2D eigenvalue weighted by atomic mass is 10.0. The molecule has 0 spiro atoms. The second kappa shape index (κ2) is 9.47. The molecule has 0 aliphatic carbocycles. The molecule has 2 aromatic rings. The summed E-state index contributed by atoms with van der Waals surface area (Å²) in [6, 6.07) is 12.3. The highest BCUT2D eigenvalue weighted by atomic mass is 16.5. The van der Waals surface area contributed by atoms with Gasteiger partial charge in [-0.25, -0.2) is 4.98 Å². The van der Waals surface area contributed by atoms with E-state index in [1.165, 1.54) is 18.2 Å². The largest absolute Gasteiger partial charge is 0.480 e. The van der Waals surface area contributed by atoms with Gasteiger partial charge in [-0.05, 0) is 37.5 Å². The van der Waals surface area contributed by atoms with E-state index in [1.807, 2.05) is 4.90 Å². The smallest absolute Gasteiger partial charge is 0.259 e. The van der Waals surface area contributed by atoms with Gasteiger partial charge in [0.1, 0.15) is 12.1 Å². The lowest BCUT2D eigenvalue weighted by molar-refractivity contribution is -0.138. The molecule has 2 amide bonds. The minimum Gasteiger partial charge on any atom is -0.480 e. The van der Waals surface area contributed by atoms with Crippen molar-refractivity contribution < 1.29 is 14.3 Å². The first-order chi connectivity index (χ1) is 15.0. The summed E-state index contributed by atoms with van der Waals surface area (Å²) in [6.07, 6.45) is 3.54. The van der Waals surface area contributed by atoms with Gasteiger partial charge in [0.15, 0.2) is 0 Å². The molecule has 0 atom stereocenters. The van der Waals surface area contributed by atoms with E-state index in [9.17, 15) is 9.59 Å². The Labute approximate surface area is 183 Å². The van der Waals surface area contributed by atoms with Gasteiger partial charge >= 0.3 is 0 Å². The van der Waals surface area contributed by atoms with Crippen LogP contribution in [0.4, 0.5) is 0 Å². The lowest BCUT2D eigenvalue weighted by Crippen LogP contribution is -2.57. The number of amides is 2. The maximum Gasteiger partial charge on any atom is 0.259 e. The van der Waals surface area contributed by atoms with Crippen molar-refractivity contribution >= 4 is 11.8 Å². The summed E-state index contributed by atoms with van der Waals surface area (Å²) in [5.74, 6) is 0.119. The maximum absolute atomic E-state index is 12.9. The Balaban J connectivity index is 1.30. The number of benzene rings is 1. The van der Waals surface area contributed by atoms with Crippen molar-refractivity contribution in [2.75, 3.05) is 39.8 Å². The van der Waals surface area contributed by atoms with Gasteiger partial charge in [0.25, 0.3) is 5.91 Å². The first kappa shape index (κ1) is 21.3. The Hall–Kier alpha value is -2.93. The van der Waals surface area contributed by atoms with Gasteiger partial charge in [-0.2, -0.15) is 0 Å². The summed E-state index contributed by atoms with van der Waals surface area (Å²) in [6.45, 7) is 6.25. The number of pyridine rings is 1. The zero-order valence-corrected chi connectivity index (χ0v) is 18.3. The fraction of sp³-hybridized carbons (Fsp3) is 0.458. The van der Waals surface area contributed by atoms with Crippen molar-refractivity contribution in [3.05, 3.63) is 59.3 Å². The van der Waals surface area contributed by atoms with Crippen LogP contribution in [0.2, 0.25) is 0 Å².